The van der Waals surface area contributed by atoms with Gasteiger partial charge in [-0.1, -0.05) is 49.6 Å². The summed E-state index contributed by atoms with van der Waals surface area (Å²) in [7, 11) is 0. The lowest BCUT2D eigenvalue weighted by atomic mass is 9.82. The van der Waals surface area contributed by atoms with Crippen molar-refractivity contribution >= 4 is 12.2 Å². The number of carbonyl (C=O) groups excluding carboxylic acids is 2. The molecule has 0 aromatic heterocycles. The van der Waals surface area contributed by atoms with E-state index in [-0.39, 0.29) is 24.3 Å². The minimum atomic E-state index is -0.399. The van der Waals surface area contributed by atoms with Crippen LogP contribution in [0.25, 0.3) is 0 Å². The number of ether oxygens (including phenoxy) is 2. The zero-order valence-corrected chi connectivity index (χ0v) is 17.6. The Morgan fingerprint density at radius 2 is 1.70 bits per heavy atom. The number of fused-ring (bicyclic) bond motifs is 2. The Morgan fingerprint density at radius 3 is 2.37 bits per heavy atom. The molecule has 30 heavy (non-hydrogen) atoms. The first-order valence-electron chi connectivity index (χ1n) is 11.6. The van der Waals surface area contributed by atoms with Gasteiger partial charge in [0.1, 0.15) is 12.2 Å². The van der Waals surface area contributed by atoms with E-state index < -0.39 is 5.60 Å². The summed E-state index contributed by atoms with van der Waals surface area (Å²) in [5.41, 5.74) is 0.597. The van der Waals surface area contributed by atoms with Crippen molar-refractivity contribution in [3.05, 3.63) is 35.9 Å². The molecular formula is C24H32N2O4. The van der Waals surface area contributed by atoms with Crippen molar-refractivity contribution in [2.75, 3.05) is 6.54 Å². The molecule has 2 amide bonds. The van der Waals surface area contributed by atoms with Crippen LogP contribution in [0.15, 0.2) is 30.3 Å². The van der Waals surface area contributed by atoms with Crippen LogP contribution in [0.4, 0.5) is 9.59 Å². The van der Waals surface area contributed by atoms with Crippen molar-refractivity contribution in [3.63, 3.8) is 0 Å². The summed E-state index contributed by atoms with van der Waals surface area (Å²) in [5, 5.41) is 0. The molecule has 6 heteroatoms. The van der Waals surface area contributed by atoms with Gasteiger partial charge in [0.2, 0.25) is 0 Å². The van der Waals surface area contributed by atoms with Crippen LogP contribution in [0, 0.1) is 0 Å². The fraction of sp³-hybridized carbons (Fsp3) is 0.667. The second kappa shape index (κ2) is 8.12. The largest absolute Gasteiger partial charge is 0.445 e. The van der Waals surface area contributed by atoms with Gasteiger partial charge in [-0.3, -0.25) is 0 Å². The van der Waals surface area contributed by atoms with Crippen molar-refractivity contribution in [2.24, 2.45) is 0 Å². The molecule has 1 saturated carbocycles. The Balaban J connectivity index is 1.20. The van der Waals surface area contributed by atoms with Crippen LogP contribution in [-0.4, -0.2) is 52.3 Å². The Kier molecular flexibility index (Phi) is 5.34. The predicted octanol–water partition coefficient (Wildman–Crippen LogP) is 4.86. The van der Waals surface area contributed by atoms with Crippen LogP contribution >= 0.6 is 0 Å². The number of piperidine rings is 1. The van der Waals surface area contributed by atoms with Crippen LogP contribution in [0.2, 0.25) is 0 Å². The molecule has 5 rings (SSSR count). The van der Waals surface area contributed by atoms with Gasteiger partial charge in [0.15, 0.2) is 0 Å². The zero-order valence-electron chi connectivity index (χ0n) is 17.6. The van der Waals surface area contributed by atoms with E-state index >= 15 is 0 Å². The quantitative estimate of drug-likeness (QED) is 0.711. The van der Waals surface area contributed by atoms with E-state index in [0.29, 0.717) is 12.6 Å². The molecular weight excluding hydrogens is 380 g/mol. The van der Waals surface area contributed by atoms with E-state index in [4.69, 9.17) is 9.47 Å². The van der Waals surface area contributed by atoms with Gasteiger partial charge in [-0.25, -0.2) is 9.59 Å². The molecule has 1 spiro atoms. The molecule has 3 saturated heterocycles. The Hall–Kier alpha value is -2.24. The fourth-order valence-electron chi connectivity index (χ4n) is 6.12. The summed E-state index contributed by atoms with van der Waals surface area (Å²) >= 11 is 0. The van der Waals surface area contributed by atoms with Gasteiger partial charge < -0.3 is 19.3 Å². The molecule has 2 atom stereocenters. The third-order valence-corrected chi connectivity index (χ3v) is 7.61. The number of rotatable bonds is 3. The summed E-state index contributed by atoms with van der Waals surface area (Å²) in [4.78, 5) is 29.6. The smallest absolute Gasteiger partial charge is 0.410 e. The average Bonchev–Trinajstić information content (AvgIpc) is 3.05. The average molecular weight is 413 g/mol. The summed E-state index contributed by atoms with van der Waals surface area (Å²) in [6.07, 6.45) is 9.87. The molecule has 162 valence electrons. The third kappa shape index (κ3) is 3.77. The summed E-state index contributed by atoms with van der Waals surface area (Å²) < 4.78 is 11.7. The van der Waals surface area contributed by atoms with E-state index in [2.05, 4.69) is 0 Å². The van der Waals surface area contributed by atoms with Gasteiger partial charge in [0.05, 0.1) is 0 Å². The predicted molar refractivity (Wildman–Crippen MR) is 112 cm³/mol. The summed E-state index contributed by atoms with van der Waals surface area (Å²) in [6, 6.07) is 10.4. The van der Waals surface area contributed by atoms with Crippen LogP contribution in [0.1, 0.15) is 69.8 Å². The highest BCUT2D eigenvalue weighted by Crippen LogP contribution is 2.46. The number of benzene rings is 1. The molecule has 2 bridgehead atoms. The first-order chi connectivity index (χ1) is 14.6. The highest BCUT2D eigenvalue weighted by Gasteiger charge is 2.54. The first kappa shape index (κ1) is 19.7. The topological polar surface area (TPSA) is 59.1 Å². The van der Waals surface area contributed by atoms with E-state index in [1.165, 1.54) is 19.3 Å². The lowest BCUT2D eigenvalue weighted by molar-refractivity contribution is -0.102. The SMILES string of the molecule is O=C1OC2(CCN1C1CCCCC1)CC1CCC(C2)N1C(=O)OCc1ccccc1. The van der Waals surface area contributed by atoms with E-state index in [1.54, 1.807) is 0 Å². The molecule has 4 aliphatic rings. The zero-order chi connectivity index (χ0) is 20.6. The maximum absolute atomic E-state index is 12.9. The second-order valence-corrected chi connectivity index (χ2v) is 9.53. The van der Waals surface area contributed by atoms with Gasteiger partial charge in [-0.05, 0) is 31.2 Å². The maximum atomic E-state index is 12.9. The molecule has 1 aliphatic carbocycles. The molecule has 1 aromatic rings. The van der Waals surface area contributed by atoms with Crippen LogP contribution in [-0.2, 0) is 16.1 Å². The Labute approximate surface area is 178 Å². The van der Waals surface area contributed by atoms with Crippen molar-refractivity contribution in [1.82, 2.24) is 9.80 Å². The molecule has 4 fully saturated rings. The monoisotopic (exact) mass is 412 g/mol. The molecule has 6 nitrogen and oxygen atoms in total. The van der Waals surface area contributed by atoms with E-state index in [1.807, 2.05) is 40.1 Å². The Bertz CT molecular complexity index is 763. The fourth-order valence-corrected chi connectivity index (χ4v) is 6.12. The minimum absolute atomic E-state index is 0.112. The molecule has 2 unspecified atom stereocenters. The second-order valence-electron chi connectivity index (χ2n) is 9.53. The number of amides is 2. The van der Waals surface area contributed by atoms with Crippen molar-refractivity contribution in [3.8, 4) is 0 Å². The lowest BCUT2D eigenvalue weighted by Crippen LogP contribution is -2.60. The highest BCUT2D eigenvalue weighted by molar-refractivity contribution is 5.71. The van der Waals surface area contributed by atoms with Crippen LogP contribution in [0.3, 0.4) is 0 Å². The van der Waals surface area contributed by atoms with Crippen molar-refractivity contribution in [1.29, 1.82) is 0 Å². The van der Waals surface area contributed by atoms with Gasteiger partial charge >= 0.3 is 12.2 Å². The standard InChI is InChI=1S/C24H32N2O4/c27-22-25(19-9-5-2-6-10-19)14-13-24(30-22)15-20-11-12-21(16-24)26(20)23(28)29-17-18-7-3-1-4-8-18/h1,3-4,7-8,19-21H,2,5-6,9-17H2. The molecule has 3 heterocycles. The summed E-state index contributed by atoms with van der Waals surface area (Å²) in [6.45, 7) is 1.09. The number of hydrogen-bond acceptors (Lipinski definition) is 4. The Morgan fingerprint density at radius 1 is 1.00 bits per heavy atom. The van der Waals surface area contributed by atoms with Crippen molar-refractivity contribution < 1.29 is 19.1 Å². The minimum Gasteiger partial charge on any atom is -0.445 e. The first-order valence-corrected chi connectivity index (χ1v) is 11.6. The van der Waals surface area contributed by atoms with Crippen LogP contribution in [0.5, 0.6) is 0 Å². The van der Waals surface area contributed by atoms with E-state index in [0.717, 1.165) is 57.1 Å². The number of carbonyl (C=O) groups is 2. The van der Waals surface area contributed by atoms with Crippen molar-refractivity contribution in [2.45, 2.75) is 94.5 Å². The molecule has 3 aliphatic heterocycles. The number of nitrogens with zero attached hydrogens (tertiary/aromatic N) is 2. The van der Waals surface area contributed by atoms with Gasteiger partial charge in [-0.2, -0.15) is 0 Å². The highest BCUT2D eigenvalue weighted by atomic mass is 16.6. The van der Waals surface area contributed by atoms with E-state index in [9.17, 15) is 9.59 Å². The van der Waals surface area contributed by atoms with Gasteiger partial charge in [0.25, 0.3) is 0 Å². The van der Waals surface area contributed by atoms with Crippen LogP contribution < -0.4 is 0 Å². The van der Waals surface area contributed by atoms with Gasteiger partial charge in [-0.15, -0.1) is 0 Å². The van der Waals surface area contributed by atoms with Gasteiger partial charge in [0, 0.05) is 43.9 Å². The molecule has 0 radical (unpaired) electrons. The molecule has 1 aromatic carbocycles. The lowest BCUT2D eigenvalue weighted by Gasteiger charge is -2.50. The molecule has 0 N–H and O–H groups in total. The summed E-state index contributed by atoms with van der Waals surface area (Å²) in [5.74, 6) is 0. The normalized spacial score (nSPS) is 31.7. The maximum Gasteiger partial charge on any atom is 0.410 e. The third-order valence-electron chi connectivity index (χ3n) is 7.61. The number of hydrogen-bond donors (Lipinski definition) is 0.